The molecule has 3 rings (SSSR count). The van der Waals surface area contributed by atoms with E-state index in [9.17, 15) is 4.39 Å². The van der Waals surface area contributed by atoms with Crippen molar-refractivity contribution in [2.75, 3.05) is 0 Å². The van der Waals surface area contributed by atoms with Gasteiger partial charge >= 0.3 is 0 Å². The molecule has 0 aliphatic carbocycles. The Balaban J connectivity index is 1.81. The molecule has 0 spiro atoms. The summed E-state index contributed by atoms with van der Waals surface area (Å²) in [5.41, 5.74) is 9.88. The zero-order chi connectivity index (χ0) is 14.7. The number of hydrogen-bond acceptors (Lipinski definition) is 3. The third-order valence-corrected chi connectivity index (χ3v) is 4.13. The Morgan fingerprint density at radius 1 is 1.05 bits per heavy atom. The molecule has 0 aliphatic rings. The van der Waals surface area contributed by atoms with Crippen LogP contribution in [0.25, 0.3) is 11.3 Å². The summed E-state index contributed by atoms with van der Waals surface area (Å²) in [7, 11) is 0. The molecule has 0 radical (unpaired) electrons. The van der Waals surface area contributed by atoms with Crippen LogP contribution in [0.15, 0.2) is 53.9 Å². The largest absolute Gasteiger partial charge is 0.326 e. The van der Waals surface area contributed by atoms with Gasteiger partial charge in [0.25, 0.3) is 0 Å². The average Bonchev–Trinajstić information content (AvgIpc) is 2.98. The van der Waals surface area contributed by atoms with Crippen LogP contribution in [0, 0.1) is 5.82 Å². The maximum Gasteiger partial charge on any atom is 0.123 e. The molecule has 0 amide bonds. The molecular formula is C17H15FN2S. The van der Waals surface area contributed by atoms with Crippen LogP contribution in [0.5, 0.6) is 0 Å². The summed E-state index contributed by atoms with van der Waals surface area (Å²) >= 11 is 1.62. The number of nitrogens with two attached hydrogens (primary N) is 1. The summed E-state index contributed by atoms with van der Waals surface area (Å²) in [4.78, 5) is 4.66. The third kappa shape index (κ3) is 3.35. The molecule has 2 aromatic carbocycles. The van der Waals surface area contributed by atoms with E-state index in [2.05, 4.69) is 16.4 Å². The summed E-state index contributed by atoms with van der Waals surface area (Å²) in [5.74, 6) is -0.211. The van der Waals surface area contributed by atoms with Gasteiger partial charge in [-0.3, -0.25) is 0 Å². The molecule has 21 heavy (non-hydrogen) atoms. The summed E-state index contributed by atoms with van der Waals surface area (Å²) in [6, 6.07) is 14.7. The zero-order valence-corrected chi connectivity index (χ0v) is 12.2. The highest BCUT2D eigenvalue weighted by molar-refractivity contribution is 7.10. The van der Waals surface area contributed by atoms with Crippen LogP contribution >= 0.6 is 11.3 Å². The first-order valence-electron chi connectivity index (χ1n) is 6.73. The third-order valence-electron chi connectivity index (χ3n) is 3.28. The highest BCUT2D eigenvalue weighted by atomic mass is 32.1. The maximum absolute atomic E-state index is 12.9. The van der Waals surface area contributed by atoms with Gasteiger partial charge in [0.1, 0.15) is 5.82 Å². The summed E-state index contributed by atoms with van der Waals surface area (Å²) in [6.45, 7) is 0.528. The maximum atomic E-state index is 12.9. The van der Waals surface area contributed by atoms with Crippen molar-refractivity contribution in [3.63, 3.8) is 0 Å². The highest BCUT2D eigenvalue weighted by Gasteiger charge is 2.06. The Morgan fingerprint density at radius 2 is 1.86 bits per heavy atom. The van der Waals surface area contributed by atoms with Crippen LogP contribution in [0.4, 0.5) is 4.39 Å². The molecule has 0 fully saturated rings. The second-order valence-electron chi connectivity index (χ2n) is 4.83. The Labute approximate surface area is 127 Å². The molecule has 0 atom stereocenters. The van der Waals surface area contributed by atoms with E-state index >= 15 is 0 Å². The minimum Gasteiger partial charge on any atom is -0.326 e. The lowest BCUT2D eigenvalue weighted by atomic mass is 10.1. The van der Waals surface area contributed by atoms with E-state index in [4.69, 9.17) is 5.73 Å². The van der Waals surface area contributed by atoms with Gasteiger partial charge in [0.15, 0.2) is 0 Å². The number of nitrogens with zero attached hydrogens (tertiary/aromatic N) is 1. The first kappa shape index (κ1) is 13.9. The SMILES string of the molecule is NCc1cccc(-c2csc(Cc3ccc(F)cc3)n2)c1. The predicted molar refractivity (Wildman–Crippen MR) is 84.6 cm³/mol. The van der Waals surface area contributed by atoms with Gasteiger partial charge in [-0.05, 0) is 29.3 Å². The van der Waals surface area contributed by atoms with Gasteiger partial charge in [0.2, 0.25) is 0 Å². The van der Waals surface area contributed by atoms with Crippen LogP contribution in [0.3, 0.4) is 0 Å². The molecule has 106 valence electrons. The van der Waals surface area contributed by atoms with Crippen LogP contribution in [0.1, 0.15) is 16.1 Å². The monoisotopic (exact) mass is 298 g/mol. The Bertz CT molecular complexity index is 735. The van der Waals surface area contributed by atoms with E-state index in [1.165, 1.54) is 12.1 Å². The van der Waals surface area contributed by atoms with E-state index < -0.39 is 0 Å². The van der Waals surface area contributed by atoms with Gasteiger partial charge in [0, 0.05) is 23.9 Å². The van der Waals surface area contributed by atoms with Crippen molar-refractivity contribution in [1.82, 2.24) is 4.98 Å². The first-order chi connectivity index (χ1) is 10.2. The van der Waals surface area contributed by atoms with Crippen molar-refractivity contribution in [3.05, 3.63) is 75.9 Å². The van der Waals surface area contributed by atoms with E-state index in [1.54, 1.807) is 23.5 Å². The van der Waals surface area contributed by atoms with Gasteiger partial charge < -0.3 is 5.73 Å². The molecule has 0 saturated carbocycles. The zero-order valence-electron chi connectivity index (χ0n) is 11.4. The highest BCUT2D eigenvalue weighted by Crippen LogP contribution is 2.24. The number of thiazole rings is 1. The normalized spacial score (nSPS) is 10.8. The van der Waals surface area contributed by atoms with Crippen molar-refractivity contribution in [2.24, 2.45) is 5.73 Å². The second-order valence-corrected chi connectivity index (χ2v) is 5.78. The standard InChI is InChI=1S/C17H15FN2S/c18-15-6-4-12(5-7-15)9-17-20-16(11-21-17)14-3-1-2-13(8-14)10-19/h1-8,11H,9-10,19H2. The second kappa shape index (κ2) is 6.16. The Kier molecular flexibility index (Phi) is 4.08. The van der Waals surface area contributed by atoms with Crippen LogP contribution in [0.2, 0.25) is 0 Å². The lowest BCUT2D eigenvalue weighted by Gasteiger charge is -2.00. The van der Waals surface area contributed by atoms with Crippen molar-refractivity contribution in [2.45, 2.75) is 13.0 Å². The van der Waals surface area contributed by atoms with Gasteiger partial charge in [-0.25, -0.2) is 9.37 Å². The molecule has 2 N–H and O–H groups in total. The molecule has 3 aromatic rings. The molecule has 0 aliphatic heterocycles. The Morgan fingerprint density at radius 3 is 2.62 bits per heavy atom. The molecule has 0 unspecified atom stereocenters. The lowest BCUT2D eigenvalue weighted by Crippen LogP contribution is -1.95. The van der Waals surface area contributed by atoms with Crippen molar-refractivity contribution in [1.29, 1.82) is 0 Å². The first-order valence-corrected chi connectivity index (χ1v) is 7.61. The smallest absolute Gasteiger partial charge is 0.123 e. The topological polar surface area (TPSA) is 38.9 Å². The van der Waals surface area contributed by atoms with Crippen LogP contribution < -0.4 is 5.73 Å². The molecule has 0 saturated heterocycles. The number of hydrogen-bond donors (Lipinski definition) is 1. The molecule has 2 nitrogen and oxygen atoms in total. The van der Waals surface area contributed by atoms with E-state index in [0.29, 0.717) is 6.54 Å². The molecule has 4 heteroatoms. The molecule has 0 bridgehead atoms. The minimum absolute atomic E-state index is 0.211. The van der Waals surface area contributed by atoms with Crippen molar-refractivity contribution in [3.8, 4) is 11.3 Å². The predicted octanol–water partition coefficient (Wildman–Crippen LogP) is 4.00. The van der Waals surface area contributed by atoms with E-state index in [-0.39, 0.29) is 5.82 Å². The fourth-order valence-corrected chi connectivity index (χ4v) is 3.00. The van der Waals surface area contributed by atoms with Gasteiger partial charge in [-0.15, -0.1) is 11.3 Å². The van der Waals surface area contributed by atoms with Gasteiger partial charge in [0.05, 0.1) is 10.7 Å². The fraction of sp³-hybridized carbons (Fsp3) is 0.118. The summed E-state index contributed by atoms with van der Waals surface area (Å²) in [5, 5.41) is 3.07. The van der Waals surface area contributed by atoms with E-state index in [1.807, 2.05) is 18.2 Å². The Hall–Kier alpha value is -2.04. The quantitative estimate of drug-likeness (QED) is 0.790. The summed E-state index contributed by atoms with van der Waals surface area (Å²) in [6.07, 6.45) is 0.724. The van der Waals surface area contributed by atoms with E-state index in [0.717, 1.165) is 33.8 Å². The number of benzene rings is 2. The lowest BCUT2D eigenvalue weighted by molar-refractivity contribution is 0.627. The van der Waals surface area contributed by atoms with Gasteiger partial charge in [-0.2, -0.15) is 0 Å². The van der Waals surface area contributed by atoms with Crippen molar-refractivity contribution >= 4 is 11.3 Å². The number of halogens is 1. The van der Waals surface area contributed by atoms with Crippen LogP contribution in [-0.2, 0) is 13.0 Å². The molecular weight excluding hydrogens is 283 g/mol. The number of aromatic nitrogens is 1. The number of rotatable bonds is 4. The van der Waals surface area contributed by atoms with Crippen molar-refractivity contribution < 1.29 is 4.39 Å². The fourth-order valence-electron chi connectivity index (χ4n) is 2.16. The minimum atomic E-state index is -0.211. The molecule has 1 aromatic heterocycles. The summed E-state index contributed by atoms with van der Waals surface area (Å²) < 4.78 is 12.9. The van der Waals surface area contributed by atoms with Gasteiger partial charge in [-0.1, -0.05) is 30.3 Å². The molecule has 1 heterocycles. The van der Waals surface area contributed by atoms with Crippen LogP contribution in [-0.4, -0.2) is 4.98 Å². The average molecular weight is 298 g/mol.